The second-order valence-corrected chi connectivity index (χ2v) is 4.59. The molecule has 0 atom stereocenters. The van der Waals surface area contributed by atoms with Gasteiger partial charge in [0, 0.05) is 21.1 Å². The lowest BCUT2D eigenvalue weighted by Gasteiger charge is -2.14. The fourth-order valence-electron chi connectivity index (χ4n) is 2.10. The summed E-state index contributed by atoms with van der Waals surface area (Å²) in [6.45, 7) is 0. The van der Waals surface area contributed by atoms with Crippen molar-refractivity contribution in [2.75, 3.05) is 5.73 Å². The first-order chi connectivity index (χ1) is 7.68. The summed E-state index contributed by atoms with van der Waals surface area (Å²) in [5.41, 5.74) is 8.35. The molecule has 2 aromatic carbocycles. The van der Waals surface area contributed by atoms with Crippen LogP contribution in [0.1, 0.15) is 15.9 Å². The maximum Gasteiger partial charge on any atom is 0.186 e. The highest BCUT2D eigenvalue weighted by Gasteiger charge is 2.17. The number of nitrogen functional groups attached to an aromatic ring is 1. The molecule has 3 rings (SSSR count). The molecule has 2 nitrogen and oxygen atoms in total. The lowest BCUT2D eigenvalue weighted by Crippen LogP contribution is -2.02. The molecule has 0 spiro atoms. The first kappa shape index (κ1) is 9.60. The summed E-state index contributed by atoms with van der Waals surface area (Å²) >= 11 is 3.46. The molecule has 2 N–H and O–H groups in total. The van der Waals surface area contributed by atoms with E-state index in [0.29, 0.717) is 5.69 Å². The quantitative estimate of drug-likeness (QED) is 0.748. The average molecular weight is 274 g/mol. The van der Waals surface area contributed by atoms with Crippen LogP contribution < -0.4 is 5.73 Å². The van der Waals surface area contributed by atoms with Crippen LogP contribution in [0, 0.1) is 0 Å². The van der Waals surface area contributed by atoms with Crippen LogP contribution in [0.25, 0.3) is 16.8 Å². The van der Waals surface area contributed by atoms with Gasteiger partial charge >= 0.3 is 0 Å². The van der Waals surface area contributed by atoms with Gasteiger partial charge in [-0.3, -0.25) is 4.79 Å². The van der Waals surface area contributed by atoms with Gasteiger partial charge in [-0.05, 0) is 39.0 Å². The Morgan fingerprint density at radius 3 is 2.81 bits per heavy atom. The number of rotatable bonds is 0. The molecule has 1 aliphatic rings. The van der Waals surface area contributed by atoms with Crippen molar-refractivity contribution in [2.45, 2.75) is 0 Å². The number of allylic oxidation sites excluding steroid dienone is 1. The van der Waals surface area contributed by atoms with Gasteiger partial charge in [0.05, 0.1) is 0 Å². The number of benzene rings is 2. The summed E-state index contributed by atoms with van der Waals surface area (Å²) in [5, 5.41) is 1.97. The zero-order valence-electron chi connectivity index (χ0n) is 8.33. The minimum Gasteiger partial charge on any atom is -0.398 e. The van der Waals surface area contributed by atoms with E-state index in [1.165, 1.54) is 0 Å². The molecular weight excluding hydrogens is 266 g/mol. The number of carbonyl (C=O) groups is 1. The molecule has 0 radical (unpaired) electrons. The molecule has 0 heterocycles. The van der Waals surface area contributed by atoms with Gasteiger partial charge in [-0.1, -0.05) is 24.3 Å². The van der Waals surface area contributed by atoms with Gasteiger partial charge in [0.1, 0.15) is 0 Å². The highest BCUT2D eigenvalue weighted by molar-refractivity contribution is 9.10. The number of halogens is 1. The highest BCUT2D eigenvalue weighted by Crippen LogP contribution is 2.36. The summed E-state index contributed by atoms with van der Waals surface area (Å²) in [7, 11) is 0. The summed E-state index contributed by atoms with van der Waals surface area (Å²) in [6.07, 6.45) is 3.41. The fraction of sp³-hybridized carbons (Fsp3) is 0. The first-order valence-electron chi connectivity index (χ1n) is 4.91. The Morgan fingerprint density at radius 1 is 1.19 bits per heavy atom. The largest absolute Gasteiger partial charge is 0.398 e. The monoisotopic (exact) mass is 273 g/mol. The number of nitrogens with two attached hydrogens (primary N) is 1. The predicted octanol–water partition coefficient (Wildman–Crippen LogP) is 3.39. The smallest absolute Gasteiger partial charge is 0.186 e. The van der Waals surface area contributed by atoms with E-state index in [0.717, 1.165) is 26.4 Å². The Labute approximate surface area is 101 Å². The molecule has 78 valence electrons. The molecule has 0 aliphatic heterocycles. The second-order valence-electron chi connectivity index (χ2n) is 3.79. The zero-order chi connectivity index (χ0) is 11.3. The van der Waals surface area contributed by atoms with Crippen LogP contribution >= 0.6 is 15.9 Å². The SMILES string of the molecule is Nc1cc2c3c(cccc3c1Br)C(=O)C=C2. The van der Waals surface area contributed by atoms with Crippen LogP contribution in [-0.4, -0.2) is 5.78 Å². The molecular formula is C13H8BrNO. The molecule has 0 saturated carbocycles. The minimum atomic E-state index is 0.0507. The van der Waals surface area contributed by atoms with E-state index in [1.54, 1.807) is 6.08 Å². The molecule has 0 saturated heterocycles. The molecule has 0 amide bonds. The molecule has 0 aromatic heterocycles. The minimum absolute atomic E-state index is 0.0507. The molecule has 2 aromatic rings. The van der Waals surface area contributed by atoms with Gasteiger partial charge in [0.25, 0.3) is 0 Å². The Kier molecular flexibility index (Phi) is 1.91. The lowest BCUT2D eigenvalue weighted by molar-refractivity contribution is 0.104. The zero-order valence-corrected chi connectivity index (χ0v) is 9.91. The third-order valence-corrected chi connectivity index (χ3v) is 3.72. The Bertz CT molecular complexity index is 659. The van der Waals surface area contributed by atoms with Crippen molar-refractivity contribution in [3.63, 3.8) is 0 Å². The van der Waals surface area contributed by atoms with Crippen LogP contribution in [0.5, 0.6) is 0 Å². The number of ketones is 1. The normalized spacial score (nSPS) is 13.4. The van der Waals surface area contributed by atoms with Crippen molar-refractivity contribution in [1.82, 2.24) is 0 Å². The number of carbonyl (C=O) groups excluding carboxylic acids is 1. The molecule has 16 heavy (non-hydrogen) atoms. The maximum absolute atomic E-state index is 11.7. The second kappa shape index (κ2) is 3.19. The first-order valence-corrected chi connectivity index (χ1v) is 5.71. The van der Waals surface area contributed by atoms with Crippen LogP contribution in [0.15, 0.2) is 34.8 Å². The van der Waals surface area contributed by atoms with Crippen LogP contribution in [0.4, 0.5) is 5.69 Å². The van der Waals surface area contributed by atoms with E-state index >= 15 is 0 Å². The molecule has 0 fully saturated rings. The molecule has 0 bridgehead atoms. The van der Waals surface area contributed by atoms with Gasteiger partial charge < -0.3 is 5.73 Å². The van der Waals surface area contributed by atoms with Crippen molar-refractivity contribution in [3.05, 3.63) is 45.9 Å². The van der Waals surface area contributed by atoms with E-state index in [2.05, 4.69) is 15.9 Å². The van der Waals surface area contributed by atoms with Crippen molar-refractivity contribution < 1.29 is 4.79 Å². The van der Waals surface area contributed by atoms with Crippen LogP contribution in [-0.2, 0) is 0 Å². The third-order valence-electron chi connectivity index (χ3n) is 2.83. The highest BCUT2D eigenvalue weighted by atomic mass is 79.9. The summed E-state index contributed by atoms with van der Waals surface area (Å²) < 4.78 is 0.858. The van der Waals surface area contributed by atoms with Gasteiger partial charge in [-0.2, -0.15) is 0 Å². The van der Waals surface area contributed by atoms with Crippen molar-refractivity contribution >= 4 is 44.2 Å². The van der Waals surface area contributed by atoms with Gasteiger partial charge in [0.2, 0.25) is 0 Å². The van der Waals surface area contributed by atoms with Gasteiger partial charge in [0.15, 0.2) is 5.78 Å². The number of hydrogen-bond donors (Lipinski definition) is 1. The van der Waals surface area contributed by atoms with Gasteiger partial charge in [-0.25, -0.2) is 0 Å². The van der Waals surface area contributed by atoms with E-state index in [4.69, 9.17) is 5.73 Å². The van der Waals surface area contributed by atoms with Crippen molar-refractivity contribution in [1.29, 1.82) is 0 Å². The van der Waals surface area contributed by atoms with E-state index in [1.807, 2.05) is 30.3 Å². The Hall–Kier alpha value is -1.61. The Balaban J connectivity index is 2.59. The van der Waals surface area contributed by atoms with Gasteiger partial charge in [-0.15, -0.1) is 0 Å². The standard InChI is InChI=1S/C13H8BrNO/c14-13-9-3-1-2-8-11(16)5-4-7(12(8)9)6-10(13)15/h1-6H,15H2. The topological polar surface area (TPSA) is 43.1 Å². The maximum atomic E-state index is 11.7. The third kappa shape index (κ3) is 1.15. The lowest BCUT2D eigenvalue weighted by atomic mass is 9.92. The molecule has 3 heteroatoms. The van der Waals surface area contributed by atoms with Crippen molar-refractivity contribution in [3.8, 4) is 0 Å². The summed E-state index contributed by atoms with van der Waals surface area (Å²) in [5.74, 6) is 0.0507. The molecule has 1 aliphatic carbocycles. The average Bonchev–Trinajstić information content (AvgIpc) is 2.30. The van der Waals surface area contributed by atoms with Crippen molar-refractivity contribution in [2.24, 2.45) is 0 Å². The van der Waals surface area contributed by atoms with E-state index in [9.17, 15) is 4.79 Å². The van der Waals surface area contributed by atoms with Crippen LogP contribution in [0.3, 0.4) is 0 Å². The predicted molar refractivity (Wildman–Crippen MR) is 69.4 cm³/mol. The van der Waals surface area contributed by atoms with Crippen LogP contribution in [0.2, 0.25) is 0 Å². The Morgan fingerprint density at radius 2 is 2.00 bits per heavy atom. The number of hydrogen-bond acceptors (Lipinski definition) is 2. The summed E-state index contributed by atoms with van der Waals surface area (Å²) in [4.78, 5) is 11.7. The number of anilines is 1. The fourth-order valence-corrected chi connectivity index (χ4v) is 2.54. The summed E-state index contributed by atoms with van der Waals surface area (Å²) in [6, 6.07) is 7.58. The molecule has 0 unspecified atom stereocenters. The van der Waals surface area contributed by atoms with E-state index in [-0.39, 0.29) is 5.78 Å². The van der Waals surface area contributed by atoms with E-state index < -0.39 is 0 Å².